The van der Waals surface area contributed by atoms with Gasteiger partial charge < -0.3 is 9.26 Å². The molecule has 8 nitrogen and oxygen atoms in total. The molecule has 0 fully saturated rings. The van der Waals surface area contributed by atoms with E-state index in [0.29, 0.717) is 20.9 Å². The van der Waals surface area contributed by atoms with Crippen molar-refractivity contribution in [3.63, 3.8) is 0 Å². The molecule has 1 heterocycles. The van der Waals surface area contributed by atoms with Crippen LogP contribution in [-0.2, 0) is 26.2 Å². The first-order valence-electron chi connectivity index (χ1n) is 7.83. The van der Waals surface area contributed by atoms with Crippen molar-refractivity contribution in [2.75, 3.05) is 6.54 Å². The largest absolute Gasteiger partial charge is 0.455 e. The quantitative estimate of drug-likeness (QED) is 0.511. The minimum atomic E-state index is -3.84. The number of halogens is 2. The maximum atomic E-state index is 12.2. The molecule has 0 bridgehead atoms. The van der Waals surface area contributed by atoms with Crippen molar-refractivity contribution in [2.24, 2.45) is 0 Å². The van der Waals surface area contributed by atoms with Crippen molar-refractivity contribution in [3.05, 3.63) is 63.9 Å². The maximum absolute atomic E-state index is 12.2. The number of benzene rings is 2. The van der Waals surface area contributed by atoms with Gasteiger partial charge in [-0.1, -0.05) is 38.8 Å². The van der Waals surface area contributed by atoms with E-state index in [4.69, 9.17) is 20.9 Å². The molecular formula is C17H13BrClN3O5S. The third kappa shape index (κ3) is 5.38. The van der Waals surface area contributed by atoms with E-state index in [-0.39, 0.29) is 17.4 Å². The monoisotopic (exact) mass is 485 g/mol. The van der Waals surface area contributed by atoms with Gasteiger partial charge in [0.2, 0.25) is 15.8 Å². The van der Waals surface area contributed by atoms with Crippen LogP contribution in [0.3, 0.4) is 0 Å². The zero-order valence-electron chi connectivity index (χ0n) is 14.1. The standard InChI is InChI=1S/C17H13BrClN3O5S/c18-12-2-1-3-14(8-12)28(24,25)20-9-16(23)26-10-15-21-17(22-27-15)11-4-6-13(19)7-5-11/h1-8,20H,9-10H2. The maximum Gasteiger partial charge on any atom is 0.321 e. The minimum Gasteiger partial charge on any atom is -0.455 e. The average molecular weight is 487 g/mol. The van der Waals surface area contributed by atoms with Crippen molar-refractivity contribution >= 4 is 43.5 Å². The number of hydrogen-bond acceptors (Lipinski definition) is 7. The van der Waals surface area contributed by atoms with E-state index in [2.05, 4.69) is 30.8 Å². The minimum absolute atomic E-state index is 0.0270. The van der Waals surface area contributed by atoms with Crippen LogP contribution < -0.4 is 4.72 Å². The predicted molar refractivity (Wildman–Crippen MR) is 104 cm³/mol. The normalized spacial score (nSPS) is 11.4. The molecular weight excluding hydrogens is 474 g/mol. The Balaban J connectivity index is 1.53. The molecule has 146 valence electrons. The van der Waals surface area contributed by atoms with E-state index in [9.17, 15) is 13.2 Å². The lowest BCUT2D eigenvalue weighted by Crippen LogP contribution is -2.30. The lowest BCUT2D eigenvalue weighted by Gasteiger charge is -2.06. The Bertz CT molecular complexity index is 1090. The van der Waals surface area contributed by atoms with E-state index < -0.39 is 22.5 Å². The average Bonchev–Trinajstić information content (AvgIpc) is 3.14. The molecule has 0 aliphatic rings. The zero-order chi connectivity index (χ0) is 20.1. The van der Waals surface area contributed by atoms with Gasteiger partial charge in [0.15, 0.2) is 6.61 Å². The summed E-state index contributed by atoms with van der Waals surface area (Å²) in [5.41, 5.74) is 0.688. The highest BCUT2D eigenvalue weighted by atomic mass is 79.9. The molecule has 0 saturated carbocycles. The van der Waals surface area contributed by atoms with E-state index in [0.717, 1.165) is 0 Å². The van der Waals surface area contributed by atoms with Gasteiger partial charge in [-0.05, 0) is 42.5 Å². The number of aromatic nitrogens is 2. The van der Waals surface area contributed by atoms with Crippen molar-refractivity contribution in [1.82, 2.24) is 14.9 Å². The third-order valence-corrected chi connectivity index (χ3v) is 5.58. The number of ether oxygens (including phenoxy) is 1. The van der Waals surface area contributed by atoms with Gasteiger partial charge in [-0.3, -0.25) is 4.79 Å². The molecule has 0 saturated heterocycles. The van der Waals surface area contributed by atoms with Gasteiger partial charge in [-0.25, -0.2) is 8.42 Å². The highest BCUT2D eigenvalue weighted by molar-refractivity contribution is 9.10. The molecule has 2 aromatic carbocycles. The fourth-order valence-corrected chi connectivity index (χ4v) is 3.79. The Morgan fingerprint density at radius 2 is 1.96 bits per heavy atom. The molecule has 1 aromatic heterocycles. The van der Waals surface area contributed by atoms with Gasteiger partial charge in [0.25, 0.3) is 5.89 Å². The summed E-state index contributed by atoms with van der Waals surface area (Å²) in [6, 6.07) is 12.9. The predicted octanol–water partition coefficient (Wildman–Crippen LogP) is 3.17. The van der Waals surface area contributed by atoms with Gasteiger partial charge >= 0.3 is 5.97 Å². The Morgan fingerprint density at radius 3 is 2.68 bits per heavy atom. The van der Waals surface area contributed by atoms with Crippen molar-refractivity contribution in [3.8, 4) is 11.4 Å². The molecule has 0 atom stereocenters. The lowest BCUT2D eigenvalue weighted by atomic mass is 10.2. The smallest absolute Gasteiger partial charge is 0.321 e. The lowest BCUT2D eigenvalue weighted by molar-refractivity contribution is -0.144. The van der Waals surface area contributed by atoms with E-state index in [1.165, 1.54) is 12.1 Å². The Morgan fingerprint density at radius 1 is 1.21 bits per heavy atom. The molecule has 0 unspecified atom stereocenters. The Labute approximate surface area is 174 Å². The summed E-state index contributed by atoms with van der Waals surface area (Å²) in [5.74, 6) is -0.393. The number of rotatable bonds is 7. The Hall–Kier alpha value is -2.27. The van der Waals surface area contributed by atoms with Crippen LogP contribution in [0, 0.1) is 0 Å². The second-order valence-electron chi connectivity index (χ2n) is 5.46. The first-order chi connectivity index (χ1) is 13.3. The first-order valence-corrected chi connectivity index (χ1v) is 10.5. The molecule has 0 aliphatic carbocycles. The second-order valence-corrected chi connectivity index (χ2v) is 8.58. The van der Waals surface area contributed by atoms with E-state index >= 15 is 0 Å². The fraction of sp³-hybridized carbons (Fsp3) is 0.118. The molecule has 11 heteroatoms. The van der Waals surface area contributed by atoms with Gasteiger partial charge in [0.1, 0.15) is 6.54 Å². The van der Waals surface area contributed by atoms with Gasteiger partial charge in [-0.15, -0.1) is 0 Å². The van der Waals surface area contributed by atoms with Gasteiger partial charge in [0.05, 0.1) is 4.90 Å². The summed E-state index contributed by atoms with van der Waals surface area (Å²) in [6.45, 7) is -0.814. The summed E-state index contributed by atoms with van der Waals surface area (Å²) in [4.78, 5) is 15.9. The van der Waals surface area contributed by atoms with Crippen LogP contribution in [0.15, 0.2) is 62.4 Å². The van der Waals surface area contributed by atoms with Crippen LogP contribution in [0.5, 0.6) is 0 Å². The molecule has 28 heavy (non-hydrogen) atoms. The van der Waals surface area contributed by atoms with Gasteiger partial charge in [-0.2, -0.15) is 9.71 Å². The molecule has 3 rings (SSSR count). The molecule has 1 N–H and O–H groups in total. The SMILES string of the molecule is O=C(CNS(=O)(=O)c1cccc(Br)c1)OCc1nc(-c2ccc(Cl)cc2)no1. The van der Waals surface area contributed by atoms with E-state index in [1.807, 2.05) is 0 Å². The molecule has 0 amide bonds. The number of esters is 1. The number of carbonyl (C=O) groups excluding carboxylic acids is 1. The van der Waals surface area contributed by atoms with Crippen LogP contribution >= 0.6 is 27.5 Å². The summed E-state index contributed by atoms with van der Waals surface area (Å²) in [7, 11) is -3.84. The van der Waals surface area contributed by atoms with Crippen LogP contribution in [-0.4, -0.2) is 31.1 Å². The second kappa shape index (κ2) is 8.82. The number of carbonyl (C=O) groups is 1. The molecule has 0 aliphatic heterocycles. The highest BCUT2D eigenvalue weighted by Gasteiger charge is 2.17. The summed E-state index contributed by atoms with van der Waals surface area (Å²) in [5, 5.41) is 4.37. The fourth-order valence-electron chi connectivity index (χ4n) is 2.09. The van der Waals surface area contributed by atoms with Crippen molar-refractivity contribution < 1.29 is 22.5 Å². The zero-order valence-corrected chi connectivity index (χ0v) is 17.3. The summed E-state index contributed by atoms with van der Waals surface area (Å²) < 4.78 is 37.1. The topological polar surface area (TPSA) is 111 Å². The number of hydrogen-bond donors (Lipinski definition) is 1. The highest BCUT2D eigenvalue weighted by Crippen LogP contribution is 2.19. The van der Waals surface area contributed by atoms with Crippen LogP contribution in [0.1, 0.15) is 5.89 Å². The first kappa shape index (κ1) is 20.5. The number of nitrogens with zero attached hydrogens (tertiary/aromatic N) is 2. The van der Waals surface area contributed by atoms with Gasteiger partial charge in [0, 0.05) is 15.1 Å². The summed E-state index contributed by atoms with van der Waals surface area (Å²) >= 11 is 9.02. The Kier molecular flexibility index (Phi) is 6.45. The molecule has 0 spiro atoms. The van der Waals surface area contributed by atoms with Crippen LogP contribution in [0.25, 0.3) is 11.4 Å². The van der Waals surface area contributed by atoms with E-state index in [1.54, 1.807) is 36.4 Å². The van der Waals surface area contributed by atoms with Crippen molar-refractivity contribution in [2.45, 2.75) is 11.5 Å². The molecule has 3 aromatic rings. The van der Waals surface area contributed by atoms with Crippen LogP contribution in [0.4, 0.5) is 0 Å². The number of sulfonamides is 1. The van der Waals surface area contributed by atoms with Crippen LogP contribution in [0.2, 0.25) is 5.02 Å². The van der Waals surface area contributed by atoms with Crippen molar-refractivity contribution in [1.29, 1.82) is 0 Å². The number of nitrogens with one attached hydrogen (secondary N) is 1. The third-order valence-electron chi connectivity index (χ3n) is 3.44. The summed E-state index contributed by atoms with van der Waals surface area (Å²) in [6.07, 6.45) is 0. The molecule has 0 radical (unpaired) electrons.